The van der Waals surface area contributed by atoms with Gasteiger partial charge in [-0.05, 0) is 73.2 Å². The van der Waals surface area contributed by atoms with Crippen molar-refractivity contribution in [2.24, 2.45) is 5.92 Å². The fourth-order valence-corrected chi connectivity index (χ4v) is 3.24. The van der Waals surface area contributed by atoms with E-state index in [0.717, 1.165) is 23.5 Å². The molecule has 0 aliphatic heterocycles. The molecule has 0 radical (unpaired) electrons. The Labute approximate surface area is 188 Å². The first-order valence-corrected chi connectivity index (χ1v) is 10.8. The monoisotopic (exact) mass is 432 g/mol. The van der Waals surface area contributed by atoms with Crippen molar-refractivity contribution in [2.75, 3.05) is 0 Å². The second kappa shape index (κ2) is 11.3. The molecule has 2 aromatic carbocycles. The maximum atomic E-state index is 12.3. The average molecular weight is 433 g/mol. The molecule has 0 spiro atoms. The fraction of sp³-hybridized carbons (Fsp3) is 0.308. The molecular formula is C26H28N2O4. The van der Waals surface area contributed by atoms with Crippen molar-refractivity contribution in [1.82, 2.24) is 10.8 Å². The molecule has 6 heteroatoms. The van der Waals surface area contributed by atoms with Crippen molar-refractivity contribution in [3.05, 3.63) is 76.9 Å². The van der Waals surface area contributed by atoms with Crippen molar-refractivity contribution >= 4 is 17.9 Å². The molecule has 0 bridgehead atoms. The van der Waals surface area contributed by atoms with Gasteiger partial charge in [0.2, 0.25) is 0 Å². The van der Waals surface area contributed by atoms with Crippen molar-refractivity contribution in [3.8, 4) is 11.8 Å². The maximum absolute atomic E-state index is 12.3. The summed E-state index contributed by atoms with van der Waals surface area (Å²) in [6, 6.07) is 13.9. The number of hydrogen-bond donors (Lipinski definition) is 4. The number of amides is 2. The van der Waals surface area contributed by atoms with Crippen LogP contribution in [0.5, 0.6) is 0 Å². The molecule has 2 aromatic rings. The normalized spacial score (nSPS) is 14.8. The smallest absolute Gasteiger partial charge is 0.268 e. The number of allylic oxidation sites excluding steroid dienone is 1. The zero-order valence-corrected chi connectivity index (χ0v) is 18.0. The number of rotatable bonds is 8. The second-order valence-corrected chi connectivity index (χ2v) is 8.07. The van der Waals surface area contributed by atoms with E-state index < -0.39 is 24.0 Å². The van der Waals surface area contributed by atoms with Crippen molar-refractivity contribution in [2.45, 2.75) is 44.8 Å². The number of benzene rings is 2. The molecule has 3 rings (SSSR count). The zero-order chi connectivity index (χ0) is 22.9. The molecule has 0 heterocycles. The van der Waals surface area contributed by atoms with Gasteiger partial charge in [-0.3, -0.25) is 14.8 Å². The van der Waals surface area contributed by atoms with Gasteiger partial charge in [0.05, 0.1) is 6.10 Å². The van der Waals surface area contributed by atoms with Gasteiger partial charge >= 0.3 is 0 Å². The van der Waals surface area contributed by atoms with Gasteiger partial charge in [-0.2, -0.15) is 0 Å². The molecule has 1 fully saturated rings. The first kappa shape index (κ1) is 23.3. The Hall–Kier alpha value is -3.40. The molecule has 2 amide bonds. The lowest BCUT2D eigenvalue weighted by Gasteiger charge is -2.19. The highest BCUT2D eigenvalue weighted by Crippen LogP contribution is 2.33. The van der Waals surface area contributed by atoms with Crippen molar-refractivity contribution in [1.29, 1.82) is 0 Å². The van der Waals surface area contributed by atoms with Crippen LogP contribution in [0.4, 0.5) is 0 Å². The lowest BCUT2D eigenvalue weighted by molar-refractivity contribution is -0.133. The van der Waals surface area contributed by atoms with E-state index >= 15 is 0 Å². The minimum Gasteiger partial charge on any atom is -0.391 e. The number of carbonyl (C=O) groups excluding carboxylic acids is 2. The van der Waals surface area contributed by atoms with Gasteiger partial charge in [0.15, 0.2) is 0 Å². The fourth-order valence-electron chi connectivity index (χ4n) is 3.24. The van der Waals surface area contributed by atoms with Crippen LogP contribution < -0.4 is 10.8 Å². The third-order valence-electron chi connectivity index (χ3n) is 5.40. The Morgan fingerprint density at radius 3 is 2.41 bits per heavy atom. The summed E-state index contributed by atoms with van der Waals surface area (Å²) in [6.07, 6.45) is 7.64. The van der Waals surface area contributed by atoms with Gasteiger partial charge in [-0.1, -0.05) is 48.9 Å². The molecule has 4 N–H and O–H groups in total. The van der Waals surface area contributed by atoms with Crippen LogP contribution in [0.25, 0.3) is 6.08 Å². The predicted molar refractivity (Wildman–Crippen MR) is 123 cm³/mol. The number of nitrogens with one attached hydrogen (secondary N) is 2. The highest BCUT2D eigenvalue weighted by molar-refractivity contribution is 5.97. The van der Waals surface area contributed by atoms with Gasteiger partial charge in [-0.15, -0.1) is 0 Å². The number of carbonyl (C=O) groups is 2. The summed E-state index contributed by atoms with van der Waals surface area (Å²) >= 11 is 0. The van der Waals surface area contributed by atoms with Crippen molar-refractivity contribution < 1.29 is 19.9 Å². The summed E-state index contributed by atoms with van der Waals surface area (Å²) in [7, 11) is 0. The van der Waals surface area contributed by atoms with Crippen LogP contribution >= 0.6 is 0 Å². The number of aliphatic hydroxyl groups is 1. The Kier molecular flexibility index (Phi) is 8.20. The van der Waals surface area contributed by atoms with Crippen molar-refractivity contribution in [3.63, 3.8) is 0 Å². The van der Waals surface area contributed by atoms with Crippen LogP contribution in [0.1, 0.15) is 53.2 Å². The zero-order valence-electron chi connectivity index (χ0n) is 18.0. The Bertz CT molecular complexity index is 1010. The lowest BCUT2D eigenvalue weighted by Crippen LogP contribution is -2.51. The molecule has 0 saturated heterocycles. The number of hydroxylamine groups is 1. The molecular weight excluding hydrogens is 404 g/mol. The molecule has 0 aromatic heterocycles. The van der Waals surface area contributed by atoms with Crippen LogP contribution in [0.3, 0.4) is 0 Å². The first-order chi connectivity index (χ1) is 15.5. The molecule has 6 nitrogen and oxygen atoms in total. The Balaban J connectivity index is 1.53. The lowest BCUT2D eigenvalue weighted by atomic mass is 10.1. The van der Waals surface area contributed by atoms with Gasteiger partial charge in [-0.25, -0.2) is 5.48 Å². The average Bonchev–Trinajstić information content (AvgIpc) is 3.64. The summed E-state index contributed by atoms with van der Waals surface area (Å²) in [5.41, 5.74) is 4.95. The quantitative estimate of drug-likeness (QED) is 0.293. The number of aryl methyl sites for hydroxylation is 1. The van der Waals surface area contributed by atoms with E-state index in [1.165, 1.54) is 37.2 Å². The highest BCUT2D eigenvalue weighted by Gasteiger charge is 2.25. The van der Waals surface area contributed by atoms with E-state index in [9.17, 15) is 14.7 Å². The summed E-state index contributed by atoms with van der Waals surface area (Å²) in [5, 5.41) is 20.7. The Morgan fingerprint density at radius 1 is 1.12 bits per heavy atom. The summed E-state index contributed by atoms with van der Waals surface area (Å²) in [4.78, 5) is 23.8. The molecule has 1 saturated carbocycles. The van der Waals surface area contributed by atoms with Gasteiger partial charge in [0.25, 0.3) is 11.8 Å². The molecule has 32 heavy (non-hydrogen) atoms. The molecule has 2 atom stereocenters. The van der Waals surface area contributed by atoms with E-state index in [-0.39, 0.29) is 0 Å². The van der Waals surface area contributed by atoms with E-state index in [1.54, 1.807) is 30.3 Å². The first-order valence-electron chi connectivity index (χ1n) is 10.8. The molecule has 0 unspecified atom stereocenters. The summed E-state index contributed by atoms with van der Waals surface area (Å²) in [6.45, 7) is 1.35. The van der Waals surface area contributed by atoms with Crippen LogP contribution in [0.2, 0.25) is 0 Å². The minimum absolute atomic E-state index is 0.325. The van der Waals surface area contributed by atoms with E-state index in [4.69, 9.17) is 5.21 Å². The van der Waals surface area contributed by atoms with Gasteiger partial charge < -0.3 is 10.4 Å². The SMILES string of the molecule is C[C@H](O)[C@H](NC(=O)c1ccc(/C=C/C#Cc2ccc(CCC3CC3)cc2)cc1)C(=O)NO. The van der Waals surface area contributed by atoms with E-state index in [1.807, 2.05) is 18.2 Å². The van der Waals surface area contributed by atoms with Crippen LogP contribution in [-0.2, 0) is 11.2 Å². The summed E-state index contributed by atoms with van der Waals surface area (Å²) in [5.74, 6) is 5.65. The number of hydrogen-bond acceptors (Lipinski definition) is 4. The van der Waals surface area contributed by atoms with Crippen LogP contribution in [-0.4, -0.2) is 34.3 Å². The van der Waals surface area contributed by atoms with E-state index in [0.29, 0.717) is 5.56 Å². The highest BCUT2D eigenvalue weighted by atomic mass is 16.5. The third-order valence-corrected chi connectivity index (χ3v) is 5.40. The largest absolute Gasteiger partial charge is 0.391 e. The molecule has 1 aliphatic carbocycles. The summed E-state index contributed by atoms with van der Waals surface area (Å²) < 4.78 is 0. The maximum Gasteiger partial charge on any atom is 0.268 e. The van der Waals surface area contributed by atoms with Crippen LogP contribution in [0, 0.1) is 17.8 Å². The topological polar surface area (TPSA) is 98.7 Å². The minimum atomic E-state index is -1.25. The second-order valence-electron chi connectivity index (χ2n) is 8.07. The number of aliphatic hydroxyl groups excluding tert-OH is 1. The Morgan fingerprint density at radius 2 is 1.81 bits per heavy atom. The van der Waals surface area contributed by atoms with Crippen LogP contribution in [0.15, 0.2) is 54.6 Å². The third kappa shape index (κ3) is 7.09. The molecule has 1 aliphatic rings. The molecule has 166 valence electrons. The van der Waals surface area contributed by atoms with E-state index in [2.05, 4.69) is 29.3 Å². The van der Waals surface area contributed by atoms with Gasteiger partial charge in [0.1, 0.15) is 6.04 Å². The predicted octanol–water partition coefficient (Wildman–Crippen LogP) is 3.08. The standard InChI is InChI=1S/C26H28N2O4/c1-18(29)24(26(31)28-32)27-25(30)23-16-14-20(15-17-23)5-3-2-4-19-6-8-21(9-7-19)10-11-22-12-13-22/h3,5-9,14-18,22,24,29,32H,10-13H2,1H3,(H,27,30)(H,28,31)/b5-3+/t18-,24-/m0/s1. The van der Waals surface area contributed by atoms with Gasteiger partial charge in [0, 0.05) is 11.1 Å².